The standard InChI is InChI=1S/C26H28N2O2/c1-20-14-15-21(2)25(18-20)30-19-26-27-23-12-6-7-13-24(23)28(26)16-8-9-17-29-22-10-4-3-5-11-22/h3-7,10-15,18H,8-9,16-17,19H2,1-2H3. The van der Waals surface area contributed by atoms with Gasteiger partial charge in [0.15, 0.2) is 0 Å². The van der Waals surface area contributed by atoms with Crippen molar-refractivity contribution in [1.29, 1.82) is 0 Å². The maximum Gasteiger partial charge on any atom is 0.147 e. The molecule has 0 atom stereocenters. The molecule has 0 saturated heterocycles. The van der Waals surface area contributed by atoms with Crippen LogP contribution in [0.4, 0.5) is 0 Å². The summed E-state index contributed by atoms with van der Waals surface area (Å²) in [5, 5.41) is 0. The molecule has 3 aromatic carbocycles. The smallest absolute Gasteiger partial charge is 0.147 e. The van der Waals surface area contributed by atoms with Crippen LogP contribution in [0.5, 0.6) is 11.5 Å². The van der Waals surface area contributed by atoms with Crippen LogP contribution in [0.15, 0.2) is 72.8 Å². The first-order valence-electron chi connectivity index (χ1n) is 10.5. The van der Waals surface area contributed by atoms with E-state index in [2.05, 4.69) is 54.8 Å². The average Bonchev–Trinajstić information content (AvgIpc) is 3.12. The first kappa shape index (κ1) is 20.0. The van der Waals surface area contributed by atoms with Crippen molar-refractivity contribution >= 4 is 11.0 Å². The summed E-state index contributed by atoms with van der Waals surface area (Å²) in [6, 6.07) is 24.5. The number of ether oxygens (including phenoxy) is 2. The molecule has 4 heteroatoms. The van der Waals surface area contributed by atoms with Gasteiger partial charge in [0, 0.05) is 6.54 Å². The van der Waals surface area contributed by atoms with E-state index >= 15 is 0 Å². The lowest BCUT2D eigenvalue weighted by molar-refractivity contribution is 0.283. The molecule has 0 unspecified atom stereocenters. The fraction of sp³-hybridized carbons (Fsp3) is 0.269. The molecule has 0 fully saturated rings. The number of imidazole rings is 1. The van der Waals surface area contributed by atoms with E-state index in [1.165, 1.54) is 5.56 Å². The van der Waals surface area contributed by atoms with Crippen LogP contribution in [0.3, 0.4) is 0 Å². The number of fused-ring (bicyclic) bond motifs is 1. The van der Waals surface area contributed by atoms with E-state index in [4.69, 9.17) is 14.5 Å². The molecule has 4 aromatic rings. The van der Waals surface area contributed by atoms with Gasteiger partial charge in [-0.2, -0.15) is 0 Å². The van der Waals surface area contributed by atoms with Crippen LogP contribution < -0.4 is 9.47 Å². The number of para-hydroxylation sites is 3. The highest BCUT2D eigenvalue weighted by atomic mass is 16.5. The molecule has 1 heterocycles. The molecule has 0 bridgehead atoms. The third-order valence-corrected chi connectivity index (χ3v) is 5.22. The van der Waals surface area contributed by atoms with Gasteiger partial charge in [0.2, 0.25) is 0 Å². The minimum Gasteiger partial charge on any atom is -0.494 e. The molecule has 0 N–H and O–H groups in total. The maximum atomic E-state index is 6.15. The van der Waals surface area contributed by atoms with Crippen LogP contribution in [0.25, 0.3) is 11.0 Å². The second-order valence-electron chi connectivity index (χ2n) is 7.59. The van der Waals surface area contributed by atoms with E-state index in [-0.39, 0.29) is 0 Å². The van der Waals surface area contributed by atoms with Gasteiger partial charge in [0.1, 0.15) is 23.9 Å². The van der Waals surface area contributed by atoms with E-state index < -0.39 is 0 Å². The van der Waals surface area contributed by atoms with Crippen molar-refractivity contribution < 1.29 is 9.47 Å². The van der Waals surface area contributed by atoms with Gasteiger partial charge >= 0.3 is 0 Å². The second-order valence-corrected chi connectivity index (χ2v) is 7.59. The summed E-state index contributed by atoms with van der Waals surface area (Å²) in [4.78, 5) is 4.83. The monoisotopic (exact) mass is 400 g/mol. The molecule has 0 aliphatic rings. The Bertz CT molecular complexity index is 1100. The predicted molar refractivity (Wildman–Crippen MR) is 121 cm³/mol. The van der Waals surface area contributed by atoms with Gasteiger partial charge in [-0.25, -0.2) is 4.98 Å². The molecule has 0 aliphatic carbocycles. The third kappa shape index (κ3) is 4.82. The molecular formula is C26H28N2O2. The molecule has 0 radical (unpaired) electrons. The summed E-state index contributed by atoms with van der Waals surface area (Å²) in [6.07, 6.45) is 2.00. The predicted octanol–water partition coefficient (Wildman–Crippen LogP) is 6.09. The summed E-state index contributed by atoms with van der Waals surface area (Å²) in [7, 11) is 0. The first-order chi connectivity index (χ1) is 14.7. The van der Waals surface area contributed by atoms with Gasteiger partial charge < -0.3 is 14.0 Å². The molecule has 1 aromatic heterocycles. The van der Waals surface area contributed by atoms with Crippen LogP contribution in [0.1, 0.15) is 29.8 Å². The topological polar surface area (TPSA) is 36.3 Å². The highest BCUT2D eigenvalue weighted by Crippen LogP contribution is 2.22. The Morgan fingerprint density at radius 2 is 1.63 bits per heavy atom. The zero-order valence-corrected chi connectivity index (χ0v) is 17.7. The van der Waals surface area contributed by atoms with Gasteiger partial charge in [-0.1, -0.05) is 42.5 Å². The van der Waals surface area contributed by atoms with E-state index in [9.17, 15) is 0 Å². The molecule has 0 saturated carbocycles. The number of benzene rings is 3. The lowest BCUT2D eigenvalue weighted by Crippen LogP contribution is -2.09. The number of aryl methyl sites for hydroxylation is 3. The van der Waals surface area contributed by atoms with Crippen LogP contribution >= 0.6 is 0 Å². The molecule has 154 valence electrons. The van der Waals surface area contributed by atoms with Crippen molar-refractivity contribution in [2.24, 2.45) is 0 Å². The van der Waals surface area contributed by atoms with Gasteiger partial charge in [-0.3, -0.25) is 0 Å². The molecule has 4 rings (SSSR count). The number of aromatic nitrogens is 2. The molecular weight excluding hydrogens is 372 g/mol. The second kappa shape index (κ2) is 9.49. The van der Waals surface area contributed by atoms with E-state index in [1.54, 1.807) is 0 Å². The first-order valence-corrected chi connectivity index (χ1v) is 10.5. The van der Waals surface area contributed by atoms with Gasteiger partial charge in [-0.15, -0.1) is 0 Å². The molecule has 4 nitrogen and oxygen atoms in total. The van der Waals surface area contributed by atoms with Crippen molar-refractivity contribution in [1.82, 2.24) is 9.55 Å². The third-order valence-electron chi connectivity index (χ3n) is 5.22. The zero-order chi connectivity index (χ0) is 20.8. The van der Waals surface area contributed by atoms with E-state index in [0.717, 1.165) is 53.3 Å². The minimum atomic E-state index is 0.458. The van der Waals surface area contributed by atoms with Crippen LogP contribution in [0, 0.1) is 13.8 Å². The Hall–Kier alpha value is -3.27. The van der Waals surface area contributed by atoms with E-state index in [0.29, 0.717) is 13.2 Å². The fourth-order valence-corrected chi connectivity index (χ4v) is 3.57. The van der Waals surface area contributed by atoms with Crippen molar-refractivity contribution in [3.05, 3.63) is 89.7 Å². The Kier molecular flexibility index (Phi) is 6.33. The molecule has 0 spiro atoms. The molecule has 0 aliphatic heterocycles. The van der Waals surface area contributed by atoms with Gasteiger partial charge in [0.25, 0.3) is 0 Å². The molecule has 30 heavy (non-hydrogen) atoms. The van der Waals surface area contributed by atoms with Crippen LogP contribution in [0.2, 0.25) is 0 Å². The zero-order valence-electron chi connectivity index (χ0n) is 17.7. The summed E-state index contributed by atoms with van der Waals surface area (Å²) in [5.74, 6) is 2.80. The van der Waals surface area contributed by atoms with Crippen molar-refractivity contribution in [2.75, 3.05) is 6.61 Å². The number of nitrogens with zero attached hydrogens (tertiary/aromatic N) is 2. The van der Waals surface area contributed by atoms with E-state index in [1.807, 2.05) is 36.4 Å². The number of rotatable bonds is 9. The molecule has 0 amide bonds. The summed E-state index contributed by atoms with van der Waals surface area (Å²) >= 11 is 0. The fourth-order valence-electron chi connectivity index (χ4n) is 3.57. The summed E-state index contributed by atoms with van der Waals surface area (Å²) < 4.78 is 14.3. The Morgan fingerprint density at radius 1 is 0.833 bits per heavy atom. The lowest BCUT2D eigenvalue weighted by atomic mass is 10.1. The van der Waals surface area contributed by atoms with Gasteiger partial charge in [-0.05, 0) is 68.1 Å². The normalized spacial score (nSPS) is 11.0. The SMILES string of the molecule is Cc1ccc(C)c(OCc2nc3ccccc3n2CCCCOc2ccccc2)c1. The largest absolute Gasteiger partial charge is 0.494 e. The Labute approximate surface area is 178 Å². The van der Waals surface area contributed by atoms with Gasteiger partial charge in [0.05, 0.1) is 17.6 Å². The Balaban J connectivity index is 1.41. The van der Waals surface area contributed by atoms with Crippen molar-refractivity contribution in [3.8, 4) is 11.5 Å². The Morgan fingerprint density at radius 3 is 2.50 bits per heavy atom. The maximum absolute atomic E-state index is 6.15. The van der Waals surface area contributed by atoms with Crippen LogP contribution in [-0.4, -0.2) is 16.2 Å². The lowest BCUT2D eigenvalue weighted by Gasteiger charge is -2.12. The van der Waals surface area contributed by atoms with Crippen molar-refractivity contribution in [3.63, 3.8) is 0 Å². The number of unbranched alkanes of at least 4 members (excludes halogenated alkanes) is 1. The summed E-state index contributed by atoms with van der Waals surface area (Å²) in [5.41, 5.74) is 4.50. The summed E-state index contributed by atoms with van der Waals surface area (Å²) in [6.45, 7) is 6.22. The number of hydrogen-bond donors (Lipinski definition) is 0. The van der Waals surface area contributed by atoms with Crippen LogP contribution in [-0.2, 0) is 13.2 Å². The minimum absolute atomic E-state index is 0.458. The number of hydrogen-bond acceptors (Lipinski definition) is 3. The quantitative estimate of drug-likeness (QED) is 0.319. The highest BCUT2D eigenvalue weighted by Gasteiger charge is 2.11. The highest BCUT2D eigenvalue weighted by molar-refractivity contribution is 5.75. The average molecular weight is 401 g/mol. The van der Waals surface area contributed by atoms with Crippen molar-refractivity contribution in [2.45, 2.75) is 39.8 Å².